The molecule has 0 saturated carbocycles. The van der Waals surface area contributed by atoms with Crippen molar-refractivity contribution in [3.05, 3.63) is 35.4 Å². The minimum Gasteiger partial charge on any atom is -0.481 e. The number of piperazine rings is 1. The highest BCUT2D eigenvalue weighted by Crippen LogP contribution is 2.14. The van der Waals surface area contributed by atoms with Crippen molar-refractivity contribution >= 4 is 5.97 Å². The Hall–Kier alpha value is -1.39. The number of rotatable bonds is 5. The van der Waals surface area contributed by atoms with Gasteiger partial charge in [-0.15, -0.1) is 0 Å². The molecule has 1 fully saturated rings. The van der Waals surface area contributed by atoms with Crippen molar-refractivity contribution in [1.29, 1.82) is 0 Å². The first-order valence-electron chi connectivity index (χ1n) is 6.92. The lowest BCUT2D eigenvalue weighted by Crippen LogP contribution is -2.45. The second kappa shape index (κ2) is 6.68. The lowest BCUT2D eigenvalue weighted by atomic mass is 10.0. The third-order valence-electron chi connectivity index (χ3n) is 3.77. The van der Waals surface area contributed by atoms with E-state index in [1.165, 1.54) is 0 Å². The Labute approximate surface area is 114 Å². The summed E-state index contributed by atoms with van der Waals surface area (Å²) >= 11 is 0. The van der Waals surface area contributed by atoms with E-state index >= 15 is 0 Å². The molecule has 0 unspecified atom stereocenters. The fourth-order valence-corrected chi connectivity index (χ4v) is 2.55. The number of hydrogen-bond donors (Lipinski definition) is 1. The largest absolute Gasteiger partial charge is 0.481 e. The van der Waals surface area contributed by atoms with Crippen LogP contribution in [-0.4, -0.2) is 53.6 Å². The van der Waals surface area contributed by atoms with Crippen LogP contribution in [0, 0.1) is 0 Å². The van der Waals surface area contributed by atoms with Gasteiger partial charge >= 0.3 is 5.97 Å². The Morgan fingerprint density at radius 2 is 1.68 bits per heavy atom. The molecular weight excluding hydrogens is 240 g/mol. The monoisotopic (exact) mass is 262 g/mol. The van der Waals surface area contributed by atoms with E-state index in [0.29, 0.717) is 0 Å². The van der Waals surface area contributed by atoms with E-state index in [2.05, 4.69) is 16.7 Å². The summed E-state index contributed by atoms with van der Waals surface area (Å²) in [5.74, 6) is -0.761. The van der Waals surface area contributed by atoms with Crippen LogP contribution in [0.15, 0.2) is 24.3 Å². The van der Waals surface area contributed by atoms with E-state index in [-0.39, 0.29) is 6.42 Å². The summed E-state index contributed by atoms with van der Waals surface area (Å²) in [6.45, 7) is 8.52. The van der Waals surface area contributed by atoms with Gasteiger partial charge in [0.1, 0.15) is 0 Å². The van der Waals surface area contributed by atoms with Gasteiger partial charge in [0, 0.05) is 32.7 Å². The van der Waals surface area contributed by atoms with E-state index in [9.17, 15) is 4.79 Å². The van der Waals surface area contributed by atoms with Gasteiger partial charge < -0.3 is 10.0 Å². The predicted octanol–water partition coefficient (Wildman–Crippen LogP) is 1.45. The summed E-state index contributed by atoms with van der Waals surface area (Å²) in [5.41, 5.74) is 2.09. The van der Waals surface area contributed by atoms with Gasteiger partial charge in [-0.3, -0.25) is 9.69 Å². The SMILES string of the molecule is CCN1CCN(Cc2ccccc2CC(=O)O)CC1. The summed E-state index contributed by atoms with van der Waals surface area (Å²) in [6, 6.07) is 7.87. The van der Waals surface area contributed by atoms with Gasteiger partial charge in [-0.1, -0.05) is 31.2 Å². The highest BCUT2D eigenvalue weighted by Gasteiger charge is 2.16. The summed E-state index contributed by atoms with van der Waals surface area (Å²) in [4.78, 5) is 15.7. The molecule has 1 aromatic carbocycles. The first-order chi connectivity index (χ1) is 9.19. The predicted molar refractivity (Wildman–Crippen MR) is 75.2 cm³/mol. The molecule has 4 heteroatoms. The lowest BCUT2D eigenvalue weighted by Gasteiger charge is -2.34. The van der Waals surface area contributed by atoms with Gasteiger partial charge in [0.15, 0.2) is 0 Å². The van der Waals surface area contributed by atoms with Gasteiger partial charge in [-0.05, 0) is 17.7 Å². The number of carboxylic acids is 1. The molecule has 104 valence electrons. The highest BCUT2D eigenvalue weighted by atomic mass is 16.4. The molecule has 4 nitrogen and oxygen atoms in total. The number of carboxylic acid groups (broad SMARTS) is 1. The summed E-state index contributed by atoms with van der Waals surface area (Å²) in [6.07, 6.45) is 0.116. The van der Waals surface area contributed by atoms with Gasteiger partial charge in [-0.25, -0.2) is 0 Å². The number of aliphatic carboxylic acids is 1. The van der Waals surface area contributed by atoms with Gasteiger partial charge in [-0.2, -0.15) is 0 Å². The Morgan fingerprint density at radius 1 is 1.11 bits per heavy atom. The Morgan fingerprint density at radius 3 is 2.26 bits per heavy atom. The zero-order valence-electron chi connectivity index (χ0n) is 11.5. The standard InChI is InChI=1S/C15H22N2O2/c1-2-16-7-9-17(10-8-16)12-14-6-4-3-5-13(14)11-15(18)19/h3-6H,2,7-12H2,1H3,(H,18,19). The fourth-order valence-electron chi connectivity index (χ4n) is 2.55. The maximum atomic E-state index is 10.9. The summed E-state index contributed by atoms with van der Waals surface area (Å²) in [5, 5.41) is 8.94. The third-order valence-corrected chi connectivity index (χ3v) is 3.77. The van der Waals surface area contributed by atoms with Crippen LogP contribution >= 0.6 is 0 Å². The summed E-state index contributed by atoms with van der Waals surface area (Å²) < 4.78 is 0. The first kappa shape index (κ1) is 14.0. The third kappa shape index (κ3) is 4.04. The van der Waals surface area contributed by atoms with Crippen molar-refractivity contribution in [3.63, 3.8) is 0 Å². The normalized spacial score (nSPS) is 17.5. The maximum Gasteiger partial charge on any atom is 0.307 e. The van der Waals surface area contributed by atoms with E-state index in [4.69, 9.17) is 5.11 Å². The molecular formula is C15H22N2O2. The molecule has 19 heavy (non-hydrogen) atoms. The molecule has 0 aliphatic carbocycles. The molecule has 0 spiro atoms. The molecule has 1 heterocycles. The molecule has 2 rings (SSSR count). The lowest BCUT2D eigenvalue weighted by molar-refractivity contribution is -0.136. The van der Waals surface area contributed by atoms with Crippen LogP contribution in [0.3, 0.4) is 0 Å². The minimum absolute atomic E-state index is 0.116. The van der Waals surface area contributed by atoms with Crippen molar-refractivity contribution in [2.24, 2.45) is 0 Å². The molecule has 1 saturated heterocycles. The number of benzene rings is 1. The highest BCUT2D eigenvalue weighted by molar-refractivity contribution is 5.70. The number of hydrogen-bond acceptors (Lipinski definition) is 3. The second-order valence-corrected chi connectivity index (χ2v) is 5.05. The summed E-state index contributed by atoms with van der Waals surface area (Å²) in [7, 11) is 0. The smallest absolute Gasteiger partial charge is 0.307 e. The van der Waals surface area contributed by atoms with E-state index in [1.54, 1.807) is 0 Å². The Balaban J connectivity index is 1.97. The molecule has 1 aliphatic heterocycles. The Kier molecular flexibility index (Phi) is 4.93. The molecule has 1 N–H and O–H groups in total. The van der Waals surface area contributed by atoms with E-state index in [1.807, 2.05) is 24.3 Å². The van der Waals surface area contributed by atoms with Crippen molar-refractivity contribution in [2.75, 3.05) is 32.7 Å². The van der Waals surface area contributed by atoms with Crippen LogP contribution in [0.1, 0.15) is 18.1 Å². The van der Waals surface area contributed by atoms with Gasteiger partial charge in [0.25, 0.3) is 0 Å². The molecule has 1 aromatic rings. The van der Waals surface area contributed by atoms with Gasteiger partial charge in [0.2, 0.25) is 0 Å². The average molecular weight is 262 g/mol. The Bertz CT molecular complexity index is 426. The van der Waals surface area contributed by atoms with E-state index in [0.717, 1.165) is 50.4 Å². The van der Waals surface area contributed by atoms with E-state index < -0.39 is 5.97 Å². The molecule has 0 aromatic heterocycles. The minimum atomic E-state index is -0.761. The van der Waals surface area contributed by atoms with Crippen LogP contribution < -0.4 is 0 Å². The molecule has 0 amide bonds. The van der Waals surface area contributed by atoms with Crippen molar-refractivity contribution in [1.82, 2.24) is 9.80 Å². The van der Waals surface area contributed by atoms with Gasteiger partial charge in [0.05, 0.1) is 6.42 Å². The van der Waals surface area contributed by atoms with Crippen LogP contribution in [0.2, 0.25) is 0 Å². The topological polar surface area (TPSA) is 43.8 Å². The van der Waals surface area contributed by atoms with Crippen LogP contribution in [0.5, 0.6) is 0 Å². The van der Waals surface area contributed by atoms with Crippen molar-refractivity contribution < 1.29 is 9.90 Å². The number of nitrogens with zero attached hydrogens (tertiary/aromatic N) is 2. The molecule has 0 bridgehead atoms. The zero-order valence-corrected chi connectivity index (χ0v) is 11.5. The maximum absolute atomic E-state index is 10.9. The molecule has 0 radical (unpaired) electrons. The first-order valence-corrected chi connectivity index (χ1v) is 6.92. The fraction of sp³-hybridized carbons (Fsp3) is 0.533. The number of carbonyl (C=O) groups is 1. The molecule has 1 aliphatic rings. The quantitative estimate of drug-likeness (QED) is 0.872. The number of likely N-dealkylation sites (N-methyl/N-ethyl adjacent to an activating group) is 1. The average Bonchev–Trinajstić information content (AvgIpc) is 2.41. The second-order valence-electron chi connectivity index (χ2n) is 5.05. The van der Waals surface area contributed by atoms with Crippen LogP contribution in [-0.2, 0) is 17.8 Å². The zero-order chi connectivity index (χ0) is 13.7. The van der Waals surface area contributed by atoms with Crippen molar-refractivity contribution in [3.8, 4) is 0 Å². The van der Waals surface area contributed by atoms with Crippen molar-refractivity contribution in [2.45, 2.75) is 19.9 Å². The van der Waals surface area contributed by atoms with Crippen LogP contribution in [0.4, 0.5) is 0 Å². The molecule has 0 atom stereocenters. The van der Waals surface area contributed by atoms with Crippen LogP contribution in [0.25, 0.3) is 0 Å².